The molecule has 118 valence electrons. The van der Waals surface area contributed by atoms with Crippen molar-refractivity contribution in [2.45, 2.75) is 44.0 Å². The molecule has 0 saturated carbocycles. The molecule has 0 amide bonds. The molecule has 1 aliphatic rings. The molecule has 1 aromatic carbocycles. The lowest BCUT2D eigenvalue weighted by molar-refractivity contribution is 0.337. The Morgan fingerprint density at radius 3 is 2.62 bits per heavy atom. The van der Waals surface area contributed by atoms with Gasteiger partial charge in [0.05, 0.1) is 17.4 Å². The first kappa shape index (κ1) is 16.6. The third kappa shape index (κ3) is 3.35. The minimum absolute atomic E-state index is 0.0380. The van der Waals surface area contributed by atoms with Gasteiger partial charge in [-0.25, -0.2) is 8.42 Å². The monoisotopic (exact) mass is 331 g/mol. The van der Waals surface area contributed by atoms with Gasteiger partial charge in [0.25, 0.3) is 0 Å². The van der Waals surface area contributed by atoms with Crippen LogP contribution in [0.4, 0.5) is 0 Å². The second-order valence-corrected chi connectivity index (χ2v) is 7.76. The first-order chi connectivity index (χ1) is 9.90. The minimum atomic E-state index is -3.47. The highest BCUT2D eigenvalue weighted by atomic mass is 35.5. The van der Waals surface area contributed by atoms with E-state index in [1.807, 2.05) is 13.8 Å². The van der Waals surface area contributed by atoms with Crippen molar-refractivity contribution in [3.63, 3.8) is 0 Å². The maximum atomic E-state index is 12.8. The highest BCUT2D eigenvalue weighted by molar-refractivity contribution is 7.89. The molecule has 0 bridgehead atoms. The predicted molar refractivity (Wildman–Crippen MR) is 84.3 cm³/mol. The van der Waals surface area contributed by atoms with Crippen LogP contribution in [-0.4, -0.2) is 31.9 Å². The highest BCUT2D eigenvalue weighted by Gasteiger charge is 2.36. The number of rotatable bonds is 5. The van der Waals surface area contributed by atoms with Crippen LogP contribution in [0, 0.1) is 5.92 Å². The zero-order valence-corrected chi connectivity index (χ0v) is 14.2. The topological polar surface area (TPSA) is 46.6 Å². The van der Waals surface area contributed by atoms with Gasteiger partial charge in [-0.05, 0) is 44.4 Å². The van der Waals surface area contributed by atoms with Crippen LogP contribution >= 0.6 is 11.6 Å². The molecule has 0 aliphatic carbocycles. The number of sulfonamides is 1. The summed E-state index contributed by atoms with van der Waals surface area (Å²) in [5, 5.41) is 0. The van der Waals surface area contributed by atoms with Crippen molar-refractivity contribution in [1.29, 1.82) is 0 Å². The van der Waals surface area contributed by atoms with Crippen LogP contribution < -0.4 is 4.74 Å². The van der Waals surface area contributed by atoms with Crippen LogP contribution in [0.15, 0.2) is 23.1 Å². The number of hydrogen-bond acceptors (Lipinski definition) is 3. The maximum Gasteiger partial charge on any atom is 0.243 e. The zero-order chi connectivity index (χ0) is 15.6. The summed E-state index contributed by atoms with van der Waals surface area (Å²) >= 11 is 5.91. The molecule has 21 heavy (non-hydrogen) atoms. The normalized spacial score (nSPS) is 23.4. The Morgan fingerprint density at radius 1 is 1.38 bits per heavy atom. The molecule has 2 atom stereocenters. The second kappa shape index (κ2) is 6.55. The average molecular weight is 332 g/mol. The largest absolute Gasteiger partial charge is 0.494 e. The van der Waals surface area contributed by atoms with E-state index in [2.05, 4.69) is 6.92 Å². The number of alkyl halides is 1. The van der Waals surface area contributed by atoms with E-state index in [1.54, 1.807) is 22.5 Å². The second-order valence-electron chi connectivity index (χ2n) is 5.60. The SMILES string of the molecule is CCOc1ccc(S(=O)(=O)N2CC(C)CC2C)cc1CCl. The van der Waals surface area contributed by atoms with E-state index < -0.39 is 10.0 Å². The number of ether oxygens (including phenoxy) is 1. The third-order valence-electron chi connectivity index (χ3n) is 3.81. The minimum Gasteiger partial charge on any atom is -0.494 e. The summed E-state index contributed by atoms with van der Waals surface area (Å²) < 4.78 is 32.6. The van der Waals surface area contributed by atoms with Crippen LogP contribution in [0.5, 0.6) is 5.75 Å². The zero-order valence-electron chi connectivity index (χ0n) is 12.7. The van der Waals surface area contributed by atoms with Crippen LogP contribution in [0.1, 0.15) is 32.8 Å². The summed E-state index contributed by atoms with van der Waals surface area (Å²) in [6.07, 6.45) is 0.901. The summed E-state index contributed by atoms with van der Waals surface area (Å²) in [4.78, 5) is 0.294. The molecule has 1 fully saturated rings. The fraction of sp³-hybridized carbons (Fsp3) is 0.600. The van der Waals surface area contributed by atoms with Crippen LogP contribution in [0.25, 0.3) is 0 Å². The van der Waals surface area contributed by atoms with Crippen molar-refractivity contribution in [2.75, 3.05) is 13.2 Å². The molecular formula is C15H22ClNO3S. The van der Waals surface area contributed by atoms with Gasteiger partial charge in [-0.15, -0.1) is 11.6 Å². The molecular weight excluding hydrogens is 310 g/mol. The molecule has 2 unspecified atom stereocenters. The van der Waals surface area contributed by atoms with E-state index in [1.165, 1.54) is 0 Å². The van der Waals surface area contributed by atoms with Crippen molar-refractivity contribution in [3.05, 3.63) is 23.8 Å². The van der Waals surface area contributed by atoms with E-state index in [0.29, 0.717) is 35.3 Å². The van der Waals surface area contributed by atoms with Crippen molar-refractivity contribution in [1.82, 2.24) is 4.31 Å². The number of benzene rings is 1. The Kier molecular flexibility index (Phi) is 5.17. The van der Waals surface area contributed by atoms with Gasteiger partial charge in [0.1, 0.15) is 5.75 Å². The number of hydrogen-bond donors (Lipinski definition) is 0. The average Bonchev–Trinajstić information content (AvgIpc) is 2.79. The van der Waals surface area contributed by atoms with Gasteiger partial charge in [-0.1, -0.05) is 6.92 Å². The van der Waals surface area contributed by atoms with Gasteiger partial charge in [-0.2, -0.15) is 4.31 Å². The molecule has 2 rings (SSSR count). The molecule has 4 nitrogen and oxygen atoms in total. The fourth-order valence-electron chi connectivity index (χ4n) is 2.85. The Hall–Kier alpha value is -0.780. The standard InChI is InChI=1S/C15H22ClNO3S/c1-4-20-15-6-5-14(8-13(15)9-16)21(18,19)17-10-11(2)7-12(17)3/h5-6,8,11-12H,4,7,9-10H2,1-3H3. The number of halogens is 1. The molecule has 1 saturated heterocycles. The van der Waals surface area contributed by atoms with Crippen LogP contribution in [0.2, 0.25) is 0 Å². The summed E-state index contributed by atoms with van der Waals surface area (Å²) in [6.45, 7) is 7.02. The van der Waals surface area contributed by atoms with Gasteiger partial charge in [0.15, 0.2) is 0 Å². The van der Waals surface area contributed by atoms with Gasteiger partial charge < -0.3 is 4.74 Å². The lowest BCUT2D eigenvalue weighted by Crippen LogP contribution is -2.34. The summed E-state index contributed by atoms with van der Waals surface area (Å²) in [6, 6.07) is 4.96. The number of nitrogens with zero attached hydrogens (tertiary/aromatic N) is 1. The molecule has 6 heteroatoms. The molecule has 1 aliphatic heterocycles. The summed E-state index contributed by atoms with van der Waals surface area (Å²) in [7, 11) is -3.47. The van der Waals surface area contributed by atoms with Gasteiger partial charge in [-0.3, -0.25) is 0 Å². The quantitative estimate of drug-likeness (QED) is 0.778. The Labute approximate surface area is 132 Å². The van der Waals surface area contributed by atoms with Crippen LogP contribution in [-0.2, 0) is 15.9 Å². The molecule has 0 radical (unpaired) electrons. The first-order valence-corrected chi connectivity index (χ1v) is 9.21. The Balaban J connectivity index is 2.36. The Morgan fingerprint density at radius 2 is 2.10 bits per heavy atom. The smallest absolute Gasteiger partial charge is 0.243 e. The lowest BCUT2D eigenvalue weighted by Gasteiger charge is -2.21. The first-order valence-electron chi connectivity index (χ1n) is 7.23. The summed E-state index contributed by atoms with van der Waals surface area (Å²) in [5.74, 6) is 1.27. The third-order valence-corrected chi connectivity index (χ3v) is 6.07. The van der Waals surface area contributed by atoms with E-state index in [4.69, 9.17) is 16.3 Å². The molecule has 0 N–H and O–H groups in total. The molecule has 0 aromatic heterocycles. The van der Waals surface area contributed by atoms with Crippen molar-refractivity contribution < 1.29 is 13.2 Å². The van der Waals surface area contributed by atoms with Crippen molar-refractivity contribution in [2.24, 2.45) is 5.92 Å². The van der Waals surface area contributed by atoms with E-state index >= 15 is 0 Å². The van der Waals surface area contributed by atoms with Gasteiger partial charge >= 0.3 is 0 Å². The van der Waals surface area contributed by atoms with Gasteiger partial charge in [0.2, 0.25) is 10.0 Å². The summed E-state index contributed by atoms with van der Waals surface area (Å²) in [5.41, 5.74) is 0.708. The van der Waals surface area contributed by atoms with Crippen LogP contribution in [0.3, 0.4) is 0 Å². The fourth-order valence-corrected chi connectivity index (χ4v) is 4.87. The maximum absolute atomic E-state index is 12.8. The predicted octanol–water partition coefficient (Wildman–Crippen LogP) is 3.24. The molecule has 1 heterocycles. The van der Waals surface area contributed by atoms with E-state index in [9.17, 15) is 8.42 Å². The van der Waals surface area contributed by atoms with E-state index in [-0.39, 0.29) is 11.9 Å². The van der Waals surface area contributed by atoms with Crippen molar-refractivity contribution >= 4 is 21.6 Å². The highest BCUT2D eigenvalue weighted by Crippen LogP contribution is 2.31. The van der Waals surface area contributed by atoms with E-state index in [0.717, 1.165) is 6.42 Å². The van der Waals surface area contributed by atoms with Crippen molar-refractivity contribution in [3.8, 4) is 5.75 Å². The molecule has 1 aromatic rings. The van der Waals surface area contributed by atoms with Gasteiger partial charge in [0, 0.05) is 18.2 Å². The lowest BCUT2D eigenvalue weighted by atomic mass is 10.1. The molecule has 0 spiro atoms. The Bertz CT molecular complexity index is 603.